The fourth-order valence-corrected chi connectivity index (χ4v) is 0.992. The second-order valence-electron chi connectivity index (χ2n) is 2.90. The van der Waals surface area contributed by atoms with Gasteiger partial charge in [0, 0.05) is 7.05 Å². The molecule has 1 rings (SSSR count). The van der Waals surface area contributed by atoms with Crippen molar-refractivity contribution >= 4 is 23.0 Å². The first-order chi connectivity index (χ1) is 7.13. The molecule has 0 bridgehead atoms. The number of nitrogens with one attached hydrogen (secondary N) is 2. The first kappa shape index (κ1) is 11.6. The third-order valence-electron chi connectivity index (χ3n) is 1.81. The molecule has 1 aromatic carbocycles. The van der Waals surface area contributed by atoms with Crippen LogP contribution < -0.4 is 10.7 Å². The molecule has 0 saturated heterocycles. The lowest BCUT2D eigenvalue weighted by Gasteiger charge is -2.03. The van der Waals surface area contributed by atoms with Crippen LogP contribution in [-0.4, -0.2) is 17.9 Å². The van der Waals surface area contributed by atoms with E-state index in [1.807, 2.05) is 6.92 Å². The Morgan fingerprint density at radius 3 is 2.47 bits per heavy atom. The summed E-state index contributed by atoms with van der Waals surface area (Å²) >= 11 is 4.86. The lowest BCUT2D eigenvalue weighted by molar-refractivity contribution is 0.628. The van der Waals surface area contributed by atoms with Gasteiger partial charge in [-0.1, -0.05) is 12.1 Å². The van der Waals surface area contributed by atoms with E-state index in [-0.39, 0.29) is 5.82 Å². The van der Waals surface area contributed by atoms with Crippen molar-refractivity contribution in [3.63, 3.8) is 0 Å². The highest BCUT2D eigenvalue weighted by molar-refractivity contribution is 7.80. The van der Waals surface area contributed by atoms with Crippen LogP contribution in [0.1, 0.15) is 12.5 Å². The Balaban J connectivity index is 2.71. The molecule has 0 aliphatic rings. The molecule has 0 aliphatic heterocycles. The lowest BCUT2D eigenvalue weighted by Crippen LogP contribution is -2.29. The molecule has 0 fully saturated rings. The monoisotopic (exact) mass is 225 g/mol. The van der Waals surface area contributed by atoms with Gasteiger partial charge in [-0.15, -0.1) is 0 Å². The number of hydrogen-bond donors (Lipinski definition) is 2. The molecule has 5 heteroatoms. The van der Waals surface area contributed by atoms with Crippen LogP contribution in [0, 0.1) is 5.82 Å². The Morgan fingerprint density at radius 2 is 1.93 bits per heavy atom. The predicted molar refractivity (Wildman–Crippen MR) is 63.4 cm³/mol. The molecule has 0 amide bonds. The van der Waals surface area contributed by atoms with E-state index in [4.69, 9.17) is 12.2 Å². The fraction of sp³-hybridized carbons (Fsp3) is 0.200. The smallest absolute Gasteiger partial charge is 0.186 e. The molecule has 0 unspecified atom stereocenters. The second kappa shape index (κ2) is 5.41. The minimum atomic E-state index is -0.259. The van der Waals surface area contributed by atoms with Crippen molar-refractivity contribution in [2.24, 2.45) is 5.10 Å². The second-order valence-corrected chi connectivity index (χ2v) is 3.30. The molecule has 80 valence electrons. The minimum Gasteiger partial charge on any atom is -0.364 e. The van der Waals surface area contributed by atoms with Crippen molar-refractivity contribution in [1.29, 1.82) is 0 Å². The Morgan fingerprint density at radius 1 is 1.33 bits per heavy atom. The Kier molecular flexibility index (Phi) is 4.17. The minimum absolute atomic E-state index is 0.259. The van der Waals surface area contributed by atoms with Crippen molar-refractivity contribution in [2.75, 3.05) is 7.05 Å². The molecule has 0 heterocycles. The van der Waals surface area contributed by atoms with Crippen LogP contribution in [-0.2, 0) is 0 Å². The van der Waals surface area contributed by atoms with E-state index in [0.29, 0.717) is 5.11 Å². The lowest BCUT2D eigenvalue weighted by atomic mass is 10.1. The number of hydrogen-bond acceptors (Lipinski definition) is 2. The van der Waals surface area contributed by atoms with Gasteiger partial charge in [0.25, 0.3) is 0 Å². The standard InChI is InChI=1S/C10H12FN3S/c1-7(13-14-10(15)12-2)8-3-5-9(11)6-4-8/h3-6H,1-2H3,(H2,12,14,15)/b13-7+. The van der Waals surface area contributed by atoms with Crippen LogP contribution in [0.5, 0.6) is 0 Å². The van der Waals surface area contributed by atoms with Crippen molar-refractivity contribution < 1.29 is 4.39 Å². The topological polar surface area (TPSA) is 36.4 Å². The maximum Gasteiger partial charge on any atom is 0.186 e. The van der Waals surface area contributed by atoms with E-state index >= 15 is 0 Å². The van der Waals surface area contributed by atoms with Gasteiger partial charge in [0.05, 0.1) is 5.71 Å². The van der Waals surface area contributed by atoms with Gasteiger partial charge in [-0.2, -0.15) is 5.10 Å². The summed E-state index contributed by atoms with van der Waals surface area (Å²) in [7, 11) is 1.71. The zero-order valence-corrected chi connectivity index (χ0v) is 9.36. The van der Waals surface area contributed by atoms with Gasteiger partial charge in [-0.25, -0.2) is 4.39 Å². The highest BCUT2D eigenvalue weighted by Gasteiger charge is 1.97. The van der Waals surface area contributed by atoms with Gasteiger partial charge >= 0.3 is 0 Å². The normalized spacial score (nSPS) is 11.0. The highest BCUT2D eigenvalue weighted by atomic mass is 32.1. The van der Waals surface area contributed by atoms with E-state index < -0.39 is 0 Å². The summed E-state index contributed by atoms with van der Waals surface area (Å²) < 4.78 is 12.6. The fourth-order valence-electron chi connectivity index (χ4n) is 0.946. The number of nitrogens with zero attached hydrogens (tertiary/aromatic N) is 1. The van der Waals surface area contributed by atoms with Gasteiger partial charge in [0.2, 0.25) is 0 Å². The van der Waals surface area contributed by atoms with Crippen LogP contribution in [0.25, 0.3) is 0 Å². The zero-order valence-electron chi connectivity index (χ0n) is 8.54. The first-order valence-electron chi connectivity index (χ1n) is 4.41. The zero-order chi connectivity index (χ0) is 11.3. The quantitative estimate of drug-likeness (QED) is 0.456. The average molecular weight is 225 g/mol. The summed E-state index contributed by atoms with van der Waals surface area (Å²) in [4.78, 5) is 0. The SMILES string of the molecule is CNC(=S)N/N=C(\C)c1ccc(F)cc1. The van der Waals surface area contributed by atoms with E-state index in [0.717, 1.165) is 11.3 Å². The number of rotatable bonds is 2. The number of halogens is 1. The molecule has 0 spiro atoms. The van der Waals surface area contributed by atoms with Crippen molar-refractivity contribution in [3.8, 4) is 0 Å². The maximum atomic E-state index is 12.6. The molecule has 1 aromatic rings. The molecule has 0 radical (unpaired) electrons. The van der Waals surface area contributed by atoms with E-state index in [9.17, 15) is 4.39 Å². The van der Waals surface area contributed by atoms with Crippen LogP contribution >= 0.6 is 12.2 Å². The van der Waals surface area contributed by atoms with E-state index in [2.05, 4.69) is 15.8 Å². The first-order valence-corrected chi connectivity index (χ1v) is 4.82. The third-order valence-corrected chi connectivity index (χ3v) is 2.11. The average Bonchev–Trinajstić information content (AvgIpc) is 2.26. The molecule has 2 N–H and O–H groups in total. The van der Waals surface area contributed by atoms with E-state index in [1.165, 1.54) is 12.1 Å². The summed E-state index contributed by atoms with van der Waals surface area (Å²) in [6.07, 6.45) is 0. The third kappa shape index (κ3) is 3.63. The van der Waals surface area contributed by atoms with Crippen molar-refractivity contribution in [3.05, 3.63) is 35.6 Å². The summed E-state index contributed by atoms with van der Waals surface area (Å²) in [5.74, 6) is -0.259. The van der Waals surface area contributed by atoms with E-state index in [1.54, 1.807) is 19.2 Å². The molecule has 0 aliphatic carbocycles. The summed E-state index contributed by atoms with van der Waals surface area (Å²) in [6.45, 7) is 1.82. The Hall–Kier alpha value is -1.49. The van der Waals surface area contributed by atoms with Crippen molar-refractivity contribution in [2.45, 2.75) is 6.92 Å². The maximum absolute atomic E-state index is 12.6. The highest BCUT2D eigenvalue weighted by Crippen LogP contribution is 2.03. The number of thiocarbonyl (C=S) groups is 1. The van der Waals surface area contributed by atoms with Crippen LogP contribution in [0.3, 0.4) is 0 Å². The molecule has 0 aromatic heterocycles. The largest absolute Gasteiger partial charge is 0.364 e. The van der Waals surface area contributed by atoms with Crippen molar-refractivity contribution in [1.82, 2.24) is 10.7 Å². The number of benzene rings is 1. The molecule has 0 atom stereocenters. The summed E-state index contributed by atoms with van der Waals surface area (Å²) in [5, 5.41) is 7.21. The van der Waals surface area contributed by atoms with Gasteiger partial charge in [-0.05, 0) is 36.8 Å². The van der Waals surface area contributed by atoms with Crippen LogP contribution in [0.4, 0.5) is 4.39 Å². The predicted octanol–water partition coefficient (Wildman–Crippen LogP) is 1.64. The van der Waals surface area contributed by atoms with Gasteiger partial charge in [0.15, 0.2) is 5.11 Å². The van der Waals surface area contributed by atoms with Crippen LogP contribution in [0.2, 0.25) is 0 Å². The molecule has 0 saturated carbocycles. The number of hydrazone groups is 1. The van der Waals surface area contributed by atoms with Crippen LogP contribution in [0.15, 0.2) is 29.4 Å². The summed E-state index contributed by atoms with van der Waals surface area (Å²) in [5.41, 5.74) is 4.25. The van der Waals surface area contributed by atoms with Gasteiger partial charge in [0.1, 0.15) is 5.82 Å². The molecule has 3 nitrogen and oxygen atoms in total. The molecular formula is C10H12FN3S. The molecular weight excluding hydrogens is 213 g/mol. The Bertz CT molecular complexity index is 373. The van der Waals surface area contributed by atoms with Gasteiger partial charge in [-0.3, -0.25) is 5.43 Å². The summed E-state index contributed by atoms with van der Waals surface area (Å²) in [6, 6.07) is 6.12. The Labute approximate surface area is 93.4 Å². The van der Waals surface area contributed by atoms with Gasteiger partial charge < -0.3 is 5.32 Å². The molecule has 15 heavy (non-hydrogen) atoms.